The van der Waals surface area contributed by atoms with Gasteiger partial charge in [0.15, 0.2) is 0 Å². The molecule has 0 rings (SSSR count). The predicted molar refractivity (Wildman–Crippen MR) is 60.2 cm³/mol. The molecule has 0 spiro atoms. The molecule has 0 aromatic heterocycles. The van der Waals surface area contributed by atoms with E-state index in [0.717, 1.165) is 12.2 Å². The largest absolute Gasteiger partial charge is 0.355 e. The zero-order chi connectivity index (χ0) is 9.94. The van der Waals surface area contributed by atoms with Crippen LogP contribution in [-0.2, 0) is 4.79 Å². The molecular formula is C10H21NOS. The maximum absolute atomic E-state index is 11.1. The summed E-state index contributed by atoms with van der Waals surface area (Å²) in [4.78, 5) is 11.1. The highest BCUT2D eigenvalue weighted by molar-refractivity contribution is 7.80. The fraction of sp³-hybridized carbons (Fsp3) is 0.900. The Morgan fingerprint density at radius 1 is 1.23 bits per heavy atom. The first-order valence-electron chi connectivity index (χ1n) is 5.18. The van der Waals surface area contributed by atoms with Gasteiger partial charge in [-0.25, -0.2) is 0 Å². The number of nitrogens with one attached hydrogen (secondary N) is 1. The molecule has 0 atom stereocenters. The summed E-state index contributed by atoms with van der Waals surface area (Å²) in [6, 6.07) is 0. The molecule has 2 nitrogen and oxygen atoms in total. The second kappa shape index (κ2) is 9.90. The van der Waals surface area contributed by atoms with Crippen LogP contribution in [0, 0.1) is 0 Å². The van der Waals surface area contributed by atoms with Gasteiger partial charge < -0.3 is 5.32 Å². The average Bonchev–Trinajstić information content (AvgIpc) is 2.14. The number of carbonyl (C=O) groups excluding carboxylic acids is 1. The van der Waals surface area contributed by atoms with E-state index >= 15 is 0 Å². The predicted octanol–water partition coefficient (Wildman–Crippen LogP) is 2.39. The second-order valence-electron chi connectivity index (χ2n) is 3.24. The van der Waals surface area contributed by atoms with E-state index in [1.54, 1.807) is 0 Å². The Kier molecular flexibility index (Phi) is 9.77. The Hall–Kier alpha value is -0.180. The van der Waals surface area contributed by atoms with Crippen LogP contribution in [0.15, 0.2) is 0 Å². The van der Waals surface area contributed by atoms with Crippen molar-refractivity contribution in [3.63, 3.8) is 0 Å². The van der Waals surface area contributed by atoms with E-state index in [0.29, 0.717) is 13.0 Å². The van der Waals surface area contributed by atoms with Gasteiger partial charge in [0.05, 0.1) is 0 Å². The van der Waals surface area contributed by atoms with Gasteiger partial charge >= 0.3 is 0 Å². The highest BCUT2D eigenvalue weighted by atomic mass is 32.1. The summed E-state index contributed by atoms with van der Waals surface area (Å²) < 4.78 is 0. The molecule has 1 amide bonds. The van der Waals surface area contributed by atoms with Gasteiger partial charge in [-0.3, -0.25) is 4.79 Å². The molecule has 13 heavy (non-hydrogen) atoms. The Morgan fingerprint density at radius 3 is 2.54 bits per heavy atom. The smallest absolute Gasteiger partial charge is 0.220 e. The van der Waals surface area contributed by atoms with Crippen molar-refractivity contribution in [2.24, 2.45) is 0 Å². The van der Waals surface area contributed by atoms with Crippen molar-refractivity contribution in [2.45, 2.75) is 45.4 Å². The van der Waals surface area contributed by atoms with Gasteiger partial charge in [0.25, 0.3) is 0 Å². The van der Waals surface area contributed by atoms with Crippen LogP contribution in [0.4, 0.5) is 0 Å². The summed E-state index contributed by atoms with van der Waals surface area (Å²) in [7, 11) is 0. The quantitative estimate of drug-likeness (QED) is 0.460. The minimum Gasteiger partial charge on any atom is -0.355 e. The van der Waals surface area contributed by atoms with E-state index < -0.39 is 0 Å². The second-order valence-corrected chi connectivity index (χ2v) is 3.68. The summed E-state index contributed by atoms with van der Waals surface area (Å²) in [6.45, 7) is 2.89. The number of amides is 1. The SMILES string of the molecule is CCCCCCCC(=O)NCCS. The summed E-state index contributed by atoms with van der Waals surface area (Å²) >= 11 is 4.02. The van der Waals surface area contributed by atoms with Crippen molar-refractivity contribution >= 4 is 18.5 Å². The zero-order valence-corrected chi connectivity index (χ0v) is 9.41. The molecule has 0 radical (unpaired) electrons. The van der Waals surface area contributed by atoms with Gasteiger partial charge in [0.2, 0.25) is 5.91 Å². The molecule has 0 aliphatic rings. The van der Waals surface area contributed by atoms with E-state index in [9.17, 15) is 4.79 Å². The Bertz CT molecular complexity index is 128. The molecule has 0 aliphatic heterocycles. The lowest BCUT2D eigenvalue weighted by molar-refractivity contribution is -0.121. The zero-order valence-electron chi connectivity index (χ0n) is 8.51. The first kappa shape index (κ1) is 12.8. The van der Waals surface area contributed by atoms with Gasteiger partial charge in [-0.1, -0.05) is 32.6 Å². The molecule has 1 N–H and O–H groups in total. The number of thiol groups is 1. The van der Waals surface area contributed by atoms with Crippen LogP contribution in [0.5, 0.6) is 0 Å². The Labute approximate surface area is 86.9 Å². The minimum absolute atomic E-state index is 0.172. The molecule has 0 bridgehead atoms. The number of hydrogen-bond donors (Lipinski definition) is 2. The third kappa shape index (κ3) is 9.74. The van der Waals surface area contributed by atoms with Crippen LogP contribution in [-0.4, -0.2) is 18.2 Å². The van der Waals surface area contributed by atoms with Crippen molar-refractivity contribution in [1.82, 2.24) is 5.32 Å². The van der Waals surface area contributed by atoms with Gasteiger partial charge in [0.1, 0.15) is 0 Å². The lowest BCUT2D eigenvalue weighted by Gasteiger charge is -2.02. The van der Waals surface area contributed by atoms with Crippen molar-refractivity contribution < 1.29 is 4.79 Å². The van der Waals surface area contributed by atoms with Crippen molar-refractivity contribution in [2.75, 3.05) is 12.3 Å². The highest BCUT2D eigenvalue weighted by Gasteiger charge is 1.98. The maximum atomic E-state index is 11.1. The molecule has 0 aromatic rings. The Morgan fingerprint density at radius 2 is 1.92 bits per heavy atom. The molecule has 3 heteroatoms. The maximum Gasteiger partial charge on any atom is 0.220 e. The summed E-state index contributed by atoms with van der Waals surface area (Å²) in [5.41, 5.74) is 0. The van der Waals surface area contributed by atoms with Crippen LogP contribution in [0.3, 0.4) is 0 Å². The summed E-state index contributed by atoms with van der Waals surface area (Å²) in [5, 5.41) is 2.81. The van der Waals surface area contributed by atoms with Crippen molar-refractivity contribution in [1.29, 1.82) is 0 Å². The Balaban J connectivity index is 3.08. The van der Waals surface area contributed by atoms with Crippen molar-refractivity contribution in [3.8, 4) is 0 Å². The lowest BCUT2D eigenvalue weighted by Crippen LogP contribution is -2.24. The van der Waals surface area contributed by atoms with Gasteiger partial charge in [-0.2, -0.15) is 12.6 Å². The normalized spacial score (nSPS) is 10.0. The van der Waals surface area contributed by atoms with Gasteiger partial charge in [-0.15, -0.1) is 0 Å². The first-order valence-corrected chi connectivity index (χ1v) is 5.82. The number of unbranched alkanes of at least 4 members (excludes halogenated alkanes) is 4. The van der Waals surface area contributed by atoms with E-state index in [4.69, 9.17) is 0 Å². The van der Waals surface area contributed by atoms with Crippen LogP contribution in [0.2, 0.25) is 0 Å². The fourth-order valence-electron chi connectivity index (χ4n) is 1.17. The van der Waals surface area contributed by atoms with E-state index in [1.807, 2.05) is 0 Å². The minimum atomic E-state index is 0.172. The topological polar surface area (TPSA) is 29.1 Å². The molecule has 0 heterocycles. The third-order valence-electron chi connectivity index (χ3n) is 1.94. The van der Waals surface area contributed by atoms with Crippen LogP contribution < -0.4 is 5.32 Å². The number of rotatable bonds is 8. The molecule has 0 saturated carbocycles. The van der Waals surface area contributed by atoms with Gasteiger partial charge in [0, 0.05) is 18.7 Å². The van der Waals surface area contributed by atoms with Crippen LogP contribution in [0.25, 0.3) is 0 Å². The highest BCUT2D eigenvalue weighted by Crippen LogP contribution is 2.04. The van der Waals surface area contributed by atoms with E-state index in [-0.39, 0.29) is 5.91 Å². The number of hydrogen-bond acceptors (Lipinski definition) is 2. The lowest BCUT2D eigenvalue weighted by atomic mass is 10.1. The molecular weight excluding hydrogens is 182 g/mol. The molecule has 0 unspecified atom stereocenters. The molecule has 0 aliphatic carbocycles. The monoisotopic (exact) mass is 203 g/mol. The van der Waals surface area contributed by atoms with E-state index in [1.165, 1.54) is 25.7 Å². The molecule has 78 valence electrons. The van der Waals surface area contributed by atoms with Crippen molar-refractivity contribution in [3.05, 3.63) is 0 Å². The van der Waals surface area contributed by atoms with E-state index in [2.05, 4.69) is 24.9 Å². The van der Waals surface area contributed by atoms with Crippen LogP contribution >= 0.6 is 12.6 Å². The molecule has 0 aromatic carbocycles. The standard InChI is InChI=1S/C10H21NOS/c1-2-3-4-5-6-7-10(12)11-8-9-13/h13H,2-9H2,1H3,(H,11,12). The molecule has 0 saturated heterocycles. The average molecular weight is 203 g/mol. The van der Waals surface area contributed by atoms with Crippen LogP contribution in [0.1, 0.15) is 45.4 Å². The molecule has 0 fully saturated rings. The fourth-order valence-corrected chi connectivity index (χ4v) is 1.28. The number of carbonyl (C=O) groups is 1. The van der Waals surface area contributed by atoms with Gasteiger partial charge in [-0.05, 0) is 6.42 Å². The third-order valence-corrected chi connectivity index (χ3v) is 2.16. The summed E-state index contributed by atoms with van der Waals surface area (Å²) in [6.07, 6.45) is 6.69. The summed E-state index contributed by atoms with van der Waals surface area (Å²) in [5.74, 6) is 0.896. The first-order chi connectivity index (χ1) is 6.31.